The fraction of sp³-hybridized carbons (Fsp3) is 0.429. The van der Waals surface area contributed by atoms with Gasteiger partial charge < -0.3 is 4.89 Å². The van der Waals surface area contributed by atoms with Gasteiger partial charge in [0.1, 0.15) is 0 Å². The molecule has 0 aromatic carbocycles. The maximum atomic E-state index is 10.4. The van der Waals surface area contributed by atoms with Crippen LogP contribution in [0.15, 0.2) is 11.4 Å². The summed E-state index contributed by atoms with van der Waals surface area (Å²) < 4.78 is 10.4. The van der Waals surface area contributed by atoms with E-state index in [0.717, 1.165) is 0 Å². The predicted molar refractivity (Wildman–Crippen MR) is 43.0 cm³/mol. The first-order chi connectivity index (χ1) is 4.57. The van der Waals surface area contributed by atoms with E-state index in [1.165, 1.54) is 0 Å². The van der Waals surface area contributed by atoms with Crippen LogP contribution < -0.4 is 0 Å². The van der Waals surface area contributed by atoms with Crippen LogP contribution in [0.3, 0.4) is 0 Å². The number of hydrogen-bond donors (Lipinski definition) is 1. The Morgan fingerprint density at radius 2 is 2.40 bits per heavy atom. The minimum absolute atomic E-state index is 0.0545. The van der Waals surface area contributed by atoms with Crippen molar-refractivity contribution in [2.75, 3.05) is 0 Å². The van der Waals surface area contributed by atoms with Gasteiger partial charge in [0.05, 0.1) is 0 Å². The second-order valence-electron chi connectivity index (χ2n) is 2.11. The van der Waals surface area contributed by atoms with E-state index in [-0.39, 0.29) is 5.92 Å². The van der Waals surface area contributed by atoms with Gasteiger partial charge in [0.2, 0.25) is 8.03 Å². The van der Waals surface area contributed by atoms with Crippen LogP contribution >= 0.6 is 8.03 Å². The third kappa shape index (κ3) is 3.50. The van der Waals surface area contributed by atoms with Gasteiger partial charge in [0.15, 0.2) is 0 Å². The average Bonchev–Trinajstić information content (AvgIpc) is 1.87. The normalized spacial score (nSPS) is 17.6. The molecule has 0 aromatic rings. The molecule has 2 atom stereocenters. The molecule has 0 rings (SSSR count). The Balaban J connectivity index is 4.20. The third-order valence-electron chi connectivity index (χ3n) is 1.10. The largest absolute Gasteiger partial charge is 0.343 e. The van der Waals surface area contributed by atoms with Gasteiger partial charge in [-0.1, -0.05) is 12.0 Å². The van der Waals surface area contributed by atoms with Gasteiger partial charge >= 0.3 is 0 Å². The van der Waals surface area contributed by atoms with E-state index in [1.807, 2.05) is 0 Å². The summed E-state index contributed by atoms with van der Waals surface area (Å²) in [6, 6.07) is 0. The first-order valence-corrected chi connectivity index (χ1v) is 4.31. The summed E-state index contributed by atoms with van der Waals surface area (Å²) in [7, 11) is -2.50. The van der Waals surface area contributed by atoms with Crippen molar-refractivity contribution < 1.29 is 9.46 Å². The van der Waals surface area contributed by atoms with Gasteiger partial charge in [-0.3, -0.25) is 4.57 Å². The zero-order valence-electron chi connectivity index (χ0n) is 6.09. The van der Waals surface area contributed by atoms with Crippen molar-refractivity contribution in [2.45, 2.75) is 13.8 Å². The Morgan fingerprint density at radius 1 is 1.90 bits per heavy atom. The van der Waals surface area contributed by atoms with E-state index >= 15 is 0 Å². The zero-order chi connectivity index (χ0) is 8.15. The quantitative estimate of drug-likeness (QED) is 0.489. The number of hydrogen-bond acceptors (Lipinski definition) is 1. The van der Waals surface area contributed by atoms with Gasteiger partial charge in [-0.25, -0.2) is 0 Å². The van der Waals surface area contributed by atoms with Crippen molar-refractivity contribution in [1.82, 2.24) is 0 Å². The lowest BCUT2D eigenvalue weighted by Crippen LogP contribution is -1.82. The predicted octanol–water partition coefficient (Wildman–Crippen LogP) is 1.63. The smallest absolute Gasteiger partial charge is 0.213 e. The molecule has 0 amide bonds. The lowest BCUT2D eigenvalue weighted by molar-refractivity contribution is 0.509. The Morgan fingerprint density at radius 3 is 2.70 bits per heavy atom. The minimum Gasteiger partial charge on any atom is -0.343 e. The number of terminal acetylenes is 1. The molecule has 2 nitrogen and oxygen atoms in total. The molecule has 0 aromatic heterocycles. The highest BCUT2D eigenvalue weighted by Crippen LogP contribution is 2.26. The maximum Gasteiger partial charge on any atom is 0.213 e. The second-order valence-corrected chi connectivity index (χ2v) is 3.51. The summed E-state index contributed by atoms with van der Waals surface area (Å²) in [4.78, 5) is 8.57. The molecule has 2 unspecified atom stereocenters. The molecule has 0 aliphatic heterocycles. The molecule has 3 heteroatoms. The van der Waals surface area contributed by atoms with Gasteiger partial charge in [0, 0.05) is 11.2 Å². The molecule has 0 spiro atoms. The van der Waals surface area contributed by atoms with Crippen LogP contribution in [0, 0.1) is 18.3 Å². The van der Waals surface area contributed by atoms with Crippen LogP contribution in [0.2, 0.25) is 0 Å². The standard InChI is InChI=1S/C7H11O2P/c1-4-6(2)5-7(3)10(8)9/h1,5-6,10H,2-3H3,(H,8,9)/b7-5+. The molecule has 56 valence electrons. The first kappa shape index (κ1) is 9.49. The molecule has 0 aliphatic carbocycles. The first-order valence-electron chi connectivity index (χ1n) is 2.95. The lowest BCUT2D eigenvalue weighted by Gasteiger charge is -1.96. The average molecular weight is 158 g/mol. The molecule has 0 aliphatic rings. The van der Waals surface area contributed by atoms with Crippen LogP contribution in [0.4, 0.5) is 0 Å². The van der Waals surface area contributed by atoms with Crippen molar-refractivity contribution in [3.05, 3.63) is 11.4 Å². The van der Waals surface area contributed by atoms with Crippen LogP contribution in [0.1, 0.15) is 13.8 Å². The summed E-state index contributed by atoms with van der Waals surface area (Å²) in [5, 5.41) is 0.482. The maximum absolute atomic E-state index is 10.4. The zero-order valence-corrected chi connectivity index (χ0v) is 7.09. The molecule has 0 radical (unpaired) electrons. The summed E-state index contributed by atoms with van der Waals surface area (Å²) in [5.74, 6) is 2.39. The van der Waals surface area contributed by atoms with Crippen LogP contribution in [-0.4, -0.2) is 4.89 Å². The van der Waals surface area contributed by atoms with Crippen molar-refractivity contribution in [3.8, 4) is 12.3 Å². The monoisotopic (exact) mass is 158 g/mol. The van der Waals surface area contributed by atoms with Gasteiger partial charge in [-0.05, 0) is 13.8 Å². The van der Waals surface area contributed by atoms with Crippen molar-refractivity contribution >= 4 is 8.03 Å². The van der Waals surface area contributed by atoms with Gasteiger partial charge in [-0.2, -0.15) is 0 Å². The van der Waals surface area contributed by atoms with E-state index in [1.54, 1.807) is 19.9 Å². The molecule has 0 fully saturated rings. The molecular formula is C7H11O2P. The molecule has 1 N–H and O–H groups in total. The van der Waals surface area contributed by atoms with E-state index < -0.39 is 8.03 Å². The second kappa shape index (κ2) is 4.33. The van der Waals surface area contributed by atoms with Crippen molar-refractivity contribution in [2.24, 2.45) is 5.92 Å². The highest BCUT2D eigenvalue weighted by molar-refractivity contribution is 7.43. The summed E-state index contributed by atoms with van der Waals surface area (Å²) in [5.41, 5.74) is 0. The fourth-order valence-electron chi connectivity index (χ4n) is 0.494. The SMILES string of the molecule is C#CC(C)/C=C(\C)[PH](=O)O. The van der Waals surface area contributed by atoms with Crippen LogP contribution in [-0.2, 0) is 4.57 Å². The Kier molecular flexibility index (Phi) is 4.11. The molecule has 0 heterocycles. The molecule has 10 heavy (non-hydrogen) atoms. The minimum atomic E-state index is -2.50. The lowest BCUT2D eigenvalue weighted by atomic mass is 10.2. The highest BCUT2D eigenvalue weighted by Gasteiger charge is 1.97. The molecule has 0 saturated carbocycles. The summed E-state index contributed by atoms with van der Waals surface area (Å²) in [6.45, 7) is 3.41. The fourth-order valence-corrected chi connectivity index (χ4v) is 0.887. The van der Waals surface area contributed by atoms with Gasteiger partial charge in [-0.15, -0.1) is 6.42 Å². The Bertz CT molecular complexity index is 200. The van der Waals surface area contributed by atoms with Crippen LogP contribution in [0.25, 0.3) is 0 Å². The highest BCUT2D eigenvalue weighted by atomic mass is 31.1. The van der Waals surface area contributed by atoms with E-state index in [2.05, 4.69) is 5.92 Å². The van der Waals surface area contributed by atoms with E-state index in [0.29, 0.717) is 5.31 Å². The summed E-state index contributed by atoms with van der Waals surface area (Å²) in [6.07, 6.45) is 6.68. The van der Waals surface area contributed by atoms with Crippen molar-refractivity contribution in [3.63, 3.8) is 0 Å². The molecule has 0 bridgehead atoms. The van der Waals surface area contributed by atoms with Crippen LogP contribution in [0.5, 0.6) is 0 Å². The Hall–Kier alpha value is -0.510. The molecular weight excluding hydrogens is 147 g/mol. The topological polar surface area (TPSA) is 37.3 Å². The molecule has 0 saturated heterocycles. The number of allylic oxidation sites excluding steroid dienone is 2. The Labute approximate surface area is 61.8 Å². The van der Waals surface area contributed by atoms with E-state index in [9.17, 15) is 4.57 Å². The van der Waals surface area contributed by atoms with E-state index in [4.69, 9.17) is 11.3 Å². The third-order valence-corrected chi connectivity index (χ3v) is 1.94. The van der Waals surface area contributed by atoms with Gasteiger partial charge in [0.25, 0.3) is 0 Å². The number of rotatable bonds is 2. The van der Waals surface area contributed by atoms with Crippen molar-refractivity contribution in [1.29, 1.82) is 0 Å². The summed E-state index contributed by atoms with van der Waals surface area (Å²) >= 11 is 0.